The van der Waals surface area contributed by atoms with Gasteiger partial charge in [0.25, 0.3) is 0 Å². The Morgan fingerprint density at radius 2 is 2.36 bits per heavy atom. The van der Waals surface area contributed by atoms with E-state index in [2.05, 4.69) is 11.7 Å². The van der Waals surface area contributed by atoms with Gasteiger partial charge in [-0.15, -0.1) is 0 Å². The molecule has 0 aromatic heterocycles. The van der Waals surface area contributed by atoms with Crippen molar-refractivity contribution < 1.29 is 9.90 Å². The van der Waals surface area contributed by atoms with Gasteiger partial charge < -0.3 is 10.4 Å². The van der Waals surface area contributed by atoms with Gasteiger partial charge in [0.15, 0.2) is 0 Å². The van der Waals surface area contributed by atoms with E-state index in [0.29, 0.717) is 13.0 Å². The molecular formula is C11H20NO2. The molecule has 1 atom stereocenters. The van der Waals surface area contributed by atoms with Crippen LogP contribution in [-0.4, -0.2) is 23.2 Å². The van der Waals surface area contributed by atoms with Gasteiger partial charge >= 0.3 is 0 Å². The number of hydrogen-bond acceptors (Lipinski definition) is 2. The predicted octanol–water partition coefficient (Wildman–Crippen LogP) is 1.27. The molecule has 0 bridgehead atoms. The molecule has 0 aromatic carbocycles. The van der Waals surface area contributed by atoms with Crippen LogP contribution in [0.25, 0.3) is 0 Å². The Morgan fingerprint density at radius 1 is 1.64 bits per heavy atom. The molecule has 0 heterocycles. The Hall–Kier alpha value is -0.570. The van der Waals surface area contributed by atoms with Gasteiger partial charge in [0.2, 0.25) is 5.91 Å². The smallest absolute Gasteiger partial charge is 0.223 e. The van der Waals surface area contributed by atoms with Crippen LogP contribution in [0.5, 0.6) is 0 Å². The molecule has 0 aliphatic heterocycles. The summed E-state index contributed by atoms with van der Waals surface area (Å²) in [6.45, 7) is 4.07. The highest BCUT2D eigenvalue weighted by atomic mass is 16.3. The molecule has 0 spiro atoms. The Bertz CT molecular complexity index is 190. The predicted molar refractivity (Wildman–Crippen MR) is 55.6 cm³/mol. The third-order valence-corrected chi connectivity index (χ3v) is 2.58. The highest BCUT2D eigenvalue weighted by Crippen LogP contribution is 2.23. The lowest BCUT2D eigenvalue weighted by molar-refractivity contribution is -0.124. The number of amides is 1. The second-order valence-electron chi connectivity index (χ2n) is 4.65. The van der Waals surface area contributed by atoms with E-state index in [0.717, 1.165) is 19.3 Å². The molecule has 3 nitrogen and oxygen atoms in total. The molecule has 0 aromatic rings. The third kappa shape index (κ3) is 4.09. The van der Waals surface area contributed by atoms with Gasteiger partial charge in [0, 0.05) is 12.5 Å². The largest absolute Gasteiger partial charge is 0.390 e. The van der Waals surface area contributed by atoms with Gasteiger partial charge in [-0.3, -0.25) is 4.79 Å². The fourth-order valence-electron chi connectivity index (χ4n) is 1.63. The van der Waals surface area contributed by atoms with Crippen LogP contribution in [-0.2, 0) is 4.79 Å². The van der Waals surface area contributed by atoms with Gasteiger partial charge in [-0.25, -0.2) is 0 Å². The number of carbonyl (C=O) groups is 1. The monoisotopic (exact) mass is 198 g/mol. The summed E-state index contributed by atoms with van der Waals surface area (Å²) in [5, 5.41) is 12.3. The van der Waals surface area contributed by atoms with Crippen molar-refractivity contribution in [3.05, 3.63) is 6.42 Å². The number of hydrogen-bond donors (Lipinski definition) is 2. The zero-order valence-corrected chi connectivity index (χ0v) is 9.05. The van der Waals surface area contributed by atoms with Crippen molar-refractivity contribution in [2.45, 2.75) is 45.1 Å². The summed E-state index contributed by atoms with van der Waals surface area (Å²) < 4.78 is 0. The lowest BCUT2D eigenvalue weighted by atomic mass is 10.0. The Labute approximate surface area is 85.9 Å². The first kappa shape index (κ1) is 11.5. The molecule has 1 unspecified atom stereocenters. The van der Waals surface area contributed by atoms with Crippen LogP contribution >= 0.6 is 0 Å². The van der Waals surface area contributed by atoms with Gasteiger partial charge in [-0.2, -0.15) is 0 Å². The molecule has 14 heavy (non-hydrogen) atoms. The molecule has 1 fully saturated rings. The van der Waals surface area contributed by atoms with Crippen LogP contribution in [0, 0.1) is 12.3 Å². The Kier molecular flexibility index (Phi) is 3.93. The van der Waals surface area contributed by atoms with E-state index >= 15 is 0 Å². The first-order chi connectivity index (χ1) is 6.49. The molecule has 1 aliphatic rings. The number of nitrogens with one attached hydrogen (secondary N) is 1. The van der Waals surface area contributed by atoms with Crippen molar-refractivity contribution in [3.63, 3.8) is 0 Å². The second kappa shape index (κ2) is 4.78. The highest BCUT2D eigenvalue weighted by Gasteiger charge is 2.22. The quantitative estimate of drug-likeness (QED) is 0.714. The van der Waals surface area contributed by atoms with Crippen LogP contribution in [0.4, 0.5) is 0 Å². The lowest BCUT2D eigenvalue weighted by Crippen LogP contribution is -2.33. The maximum absolute atomic E-state index is 11.5. The summed E-state index contributed by atoms with van der Waals surface area (Å²) in [5.41, 5.74) is -0.685. The second-order valence-corrected chi connectivity index (χ2v) is 4.65. The normalized spacial score (nSPS) is 18.5. The number of aliphatic hydroxyl groups is 1. The zero-order chi connectivity index (χ0) is 10.6. The van der Waals surface area contributed by atoms with Gasteiger partial charge in [0.05, 0.1) is 5.60 Å². The first-order valence-electron chi connectivity index (χ1n) is 5.31. The molecule has 1 amide bonds. The molecule has 1 aliphatic carbocycles. The van der Waals surface area contributed by atoms with Gasteiger partial charge in [0.1, 0.15) is 0 Å². The van der Waals surface area contributed by atoms with Gasteiger partial charge in [-0.1, -0.05) is 0 Å². The lowest BCUT2D eigenvalue weighted by Gasteiger charge is -2.18. The molecule has 1 radical (unpaired) electrons. The van der Waals surface area contributed by atoms with E-state index in [-0.39, 0.29) is 11.8 Å². The zero-order valence-electron chi connectivity index (χ0n) is 9.05. The topological polar surface area (TPSA) is 49.3 Å². The van der Waals surface area contributed by atoms with Crippen LogP contribution in [0.3, 0.4) is 0 Å². The molecule has 3 heteroatoms. The SMILES string of the molecule is CC(C)(O)CCNC(=O)C1C[CH]CC1. The standard InChI is InChI=1S/C11H20NO2/c1-11(2,14)7-8-12-10(13)9-5-3-4-6-9/h3,9,14H,4-8H2,1-2H3,(H,12,13). The fourth-order valence-corrected chi connectivity index (χ4v) is 1.63. The minimum Gasteiger partial charge on any atom is -0.390 e. The molecule has 2 N–H and O–H groups in total. The first-order valence-corrected chi connectivity index (χ1v) is 5.31. The van der Waals surface area contributed by atoms with Crippen LogP contribution in [0.15, 0.2) is 0 Å². The average molecular weight is 198 g/mol. The molecule has 81 valence electrons. The van der Waals surface area contributed by atoms with Gasteiger partial charge in [-0.05, 0) is 46.0 Å². The van der Waals surface area contributed by atoms with E-state index < -0.39 is 5.60 Å². The molecule has 0 saturated heterocycles. The van der Waals surface area contributed by atoms with Crippen molar-refractivity contribution in [1.29, 1.82) is 0 Å². The van der Waals surface area contributed by atoms with E-state index in [1.54, 1.807) is 13.8 Å². The van der Waals surface area contributed by atoms with Crippen LogP contribution in [0.2, 0.25) is 0 Å². The maximum Gasteiger partial charge on any atom is 0.223 e. The number of carbonyl (C=O) groups excluding carboxylic acids is 1. The van der Waals surface area contributed by atoms with E-state index in [9.17, 15) is 9.90 Å². The maximum atomic E-state index is 11.5. The van der Waals surface area contributed by atoms with Crippen molar-refractivity contribution in [3.8, 4) is 0 Å². The summed E-state index contributed by atoms with van der Waals surface area (Å²) in [7, 11) is 0. The van der Waals surface area contributed by atoms with Crippen molar-refractivity contribution in [2.75, 3.05) is 6.54 Å². The fraction of sp³-hybridized carbons (Fsp3) is 0.818. The van der Waals surface area contributed by atoms with Crippen molar-refractivity contribution in [2.24, 2.45) is 5.92 Å². The minimum absolute atomic E-state index is 0.142. The number of rotatable bonds is 4. The highest BCUT2D eigenvalue weighted by molar-refractivity contribution is 5.79. The van der Waals surface area contributed by atoms with E-state index in [1.807, 2.05) is 0 Å². The van der Waals surface area contributed by atoms with Crippen molar-refractivity contribution >= 4 is 5.91 Å². The third-order valence-electron chi connectivity index (χ3n) is 2.58. The summed E-state index contributed by atoms with van der Waals surface area (Å²) in [6.07, 6.45) is 5.72. The van der Waals surface area contributed by atoms with E-state index in [4.69, 9.17) is 0 Å². The summed E-state index contributed by atoms with van der Waals surface area (Å²) in [5.74, 6) is 0.319. The summed E-state index contributed by atoms with van der Waals surface area (Å²) in [6, 6.07) is 0. The Balaban J connectivity index is 2.15. The molecule has 1 saturated carbocycles. The van der Waals surface area contributed by atoms with Crippen LogP contribution in [0.1, 0.15) is 39.5 Å². The molecular weight excluding hydrogens is 178 g/mol. The molecule has 1 rings (SSSR count). The summed E-state index contributed by atoms with van der Waals surface area (Å²) >= 11 is 0. The van der Waals surface area contributed by atoms with Crippen LogP contribution < -0.4 is 5.32 Å². The minimum atomic E-state index is -0.685. The average Bonchev–Trinajstić information content (AvgIpc) is 2.53. The van der Waals surface area contributed by atoms with Crippen molar-refractivity contribution in [1.82, 2.24) is 5.32 Å². The summed E-state index contributed by atoms with van der Waals surface area (Å²) in [4.78, 5) is 11.5. The Morgan fingerprint density at radius 3 is 2.86 bits per heavy atom. The van der Waals surface area contributed by atoms with E-state index in [1.165, 1.54) is 0 Å².